The van der Waals surface area contributed by atoms with Crippen molar-refractivity contribution in [3.8, 4) is 0 Å². The third kappa shape index (κ3) is 4.96. The Labute approximate surface area is 118 Å². The Morgan fingerprint density at radius 3 is 2.32 bits per heavy atom. The molecule has 0 aliphatic carbocycles. The minimum absolute atomic E-state index is 0.160. The second kappa shape index (κ2) is 6.53. The van der Waals surface area contributed by atoms with Crippen LogP contribution in [0.25, 0.3) is 0 Å². The molecule has 1 aromatic carbocycles. The van der Waals surface area contributed by atoms with Crippen LogP contribution in [0.4, 0.5) is 0 Å². The highest BCUT2D eigenvalue weighted by atomic mass is 16.3. The van der Waals surface area contributed by atoms with Gasteiger partial charge in [-0.1, -0.05) is 52.8 Å². The predicted octanol–water partition coefficient (Wildman–Crippen LogP) is 3.71. The van der Waals surface area contributed by atoms with Crippen molar-refractivity contribution in [3.63, 3.8) is 0 Å². The summed E-state index contributed by atoms with van der Waals surface area (Å²) in [4.78, 5) is 0. The average Bonchev–Trinajstić information content (AvgIpc) is 2.26. The van der Waals surface area contributed by atoms with Gasteiger partial charge in [-0.05, 0) is 42.0 Å². The molecule has 0 radical (unpaired) electrons. The van der Waals surface area contributed by atoms with Crippen molar-refractivity contribution in [2.24, 2.45) is 0 Å². The minimum atomic E-state index is -0.375. The zero-order chi connectivity index (χ0) is 14.6. The van der Waals surface area contributed by atoms with E-state index in [0.29, 0.717) is 6.04 Å². The van der Waals surface area contributed by atoms with E-state index in [9.17, 15) is 5.11 Å². The van der Waals surface area contributed by atoms with Crippen molar-refractivity contribution in [1.82, 2.24) is 5.32 Å². The zero-order valence-electron chi connectivity index (χ0n) is 13.2. The summed E-state index contributed by atoms with van der Waals surface area (Å²) in [5.74, 6) is 0. The summed E-state index contributed by atoms with van der Waals surface area (Å²) in [7, 11) is 0. The maximum Gasteiger partial charge on any atom is 0.0804 e. The van der Waals surface area contributed by atoms with E-state index in [1.54, 1.807) is 0 Å². The molecule has 0 aliphatic heterocycles. The van der Waals surface area contributed by atoms with Gasteiger partial charge in [0.25, 0.3) is 0 Å². The van der Waals surface area contributed by atoms with Gasteiger partial charge in [-0.3, -0.25) is 0 Å². The van der Waals surface area contributed by atoms with Crippen LogP contribution in [0.2, 0.25) is 0 Å². The van der Waals surface area contributed by atoms with E-state index in [2.05, 4.69) is 65.1 Å². The summed E-state index contributed by atoms with van der Waals surface area (Å²) >= 11 is 0. The van der Waals surface area contributed by atoms with Crippen LogP contribution < -0.4 is 5.32 Å². The van der Waals surface area contributed by atoms with Gasteiger partial charge in [0.15, 0.2) is 0 Å². The van der Waals surface area contributed by atoms with E-state index in [1.165, 1.54) is 11.1 Å². The number of aliphatic hydroxyl groups is 1. The first-order valence-corrected chi connectivity index (χ1v) is 7.24. The van der Waals surface area contributed by atoms with E-state index in [-0.39, 0.29) is 11.5 Å². The summed E-state index contributed by atoms with van der Waals surface area (Å²) in [5, 5.41) is 13.6. The monoisotopic (exact) mass is 263 g/mol. The molecule has 0 heterocycles. The van der Waals surface area contributed by atoms with Gasteiger partial charge in [-0.2, -0.15) is 0 Å². The van der Waals surface area contributed by atoms with Crippen molar-refractivity contribution >= 4 is 0 Å². The Hall–Kier alpha value is -0.860. The lowest BCUT2D eigenvalue weighted by Gasteiger charge is -2.22. The molecule has 2 heteroatoms. The summed E-state index contributed by atoms with van der Waals surface area (Å²) in [5.41, 5.74) is 3.72. The first kappa shape index (κ1) is 16.2. The van der Waals surface area contributed by atoms with Crippen LogP contribution in [0, 0.1) is 6.92 Å². The third-order valence-electron chi connectivity index (χ3n) is 3.47. The normalized spacial score (nSPS) is 13.9. The standard InChI is InChI=1S/C17H29NO/c1-12(2)18-10-9-16(19)15-8-7-14(11-13(15)3)17(4,5)6/h7-8,11-12,16,18-19H,9-10H2,1-6H3. The van der Waals surface area contributed by atoms with Crippen molar-refractivity contribution in [2.75, 3.05) is 6.54 Å². The third-order valence-corrected chi connectivity index (χ3v) is 3.47. The van der Waals surface area contributed by atoms with E-state index in [0.717, 1.165) is 18.5 Å². The molecule has 0 aromatic heterocycles. The highest BCUT2D eigenvalue weighted by molar-refractivity contribution is 5.35. The topological polar surface area (TPSA) is 32.3 Å². The highest BCUT2D eigenvalue weighted by Gasteiger charge is 2.16. The maximum absolute atomic E-state index is 10.3. The van der Waals surface area contributed by atoms with Crippen LogP contribution in [0.15, 0.2) is 18.2 Å². The molecule has 1 unspecified atom stereocenters. The summed E-state index contributed by atoms with van der Waals surface area (Å²) < 4.78 is 0. The summed E-state index contributed by atoms with van der Waals surface area (Å²) in [6.07, 6.45) is 0.383. The first-order valence-electron chi connectivity index (χ1n) is 7.24. The van der Waals surface area contributed by atoms with Gasteiger partial charge in [0, 0.05) is 6.04 Å². The lowest BCUT2D eigenvalue weighted by atomic mass is 9.84. The van der Waals surface area contributed by atoms with Gasteiger partial charge in [0.05, 0.1) is 6.10 Å². The van der Waals surface area contributed by atoms with Crippen LogP contribution in [0.5, 0.6) is 0 Å². The largest absolute Gasteiger partial charge is 0.388 e. The fourth-order valence-electron chi connectivity index (χ4n) is 2.18. The van der Waals surface area contributed by atoms with Crippen molar-refractivity contribution in [1.29, 1.82) is 0 Å². The van der Waals surface area contributed by atoms with E-state index < -0.39 is 0 Å². The molecule has 0 bridgehead atoms. The SMILES string of the molecule is Cc1cc(C(C)(C)C)ccc1C(O)CCNC(C)C. The number of benzene rings is 1. The highest BCUT2D eigenvalue weighted by Crippen LogP contribution is 2.27. The lowest BCUT2D eigenvalue weighted by molar-refractivity contribution is 0.165. The fraction of sp³-hybridized carbons (Fsp3) is 0.647. The van der Waals surface area contributed by atoms with Crippen LogP contribution in [-0.2, 0) is 5.41 Å². The molecule has 2 N–H and O–H groups in total. The van der Waals surface area contributed by atoms with Gasteiger partial charge in [-0.15, -0.1) is 0 Å². The molecule has 0 aliphatic rings. The van der Waals surface area contributed by atoms with Gasteiger partial charge in [0.2, 0.25) is 0 Å². The quantitative estimate of drug-likeness (QED) is 0.848. The molecule has 0 amide bonds. The van der Waals surface area contributed by atoms with Crippen LogP contribution in [0.3, 0.4) is 0 Å². The molecule has 1 rings (SSSR count). The Bertz CT molecular complexity index is 404. The molecule has 1 atom stereocenters. The molecule has 108 valence electrons. The molecule has 19 heavy (non-hydrogen) atoms. The number of aryl methyl sites for hydroxylation is 1. The van der Waals surface area contributed by atoms with Crippen molar-refractivity contribution in [2.45, 2.75) is 65.5 Å². The van der Waals surface area contributed by atoms with Crippen molar-refractivity contribution in [3.05, 3.63) is 34.9 Å². The summed E-state index contributed by atoms with van der Waals surface area (Å²) in [6, 6.07) is 6.89. The van der Waals surface area contributed by atoms with Crippen LogP contribution in [0.1, 0.15) is 63.8 Å². The number of hydrogen-bond donors (Lipinski definition) is 2. The predicted molar refractivity (Wildman–Crippen MR) is 82.6 cm³/mol. The minimum Gasteiger partial charge on any atom is -0.388 e. The smallest absolute Gasteiger partial charge is 0.0804 e. The Morgan fingerprint density at radius 2 is 1.84 bits per heavy atom. The maximum atomic E-state index is 10.3. The van der Waals surface area contributed by atoms with Gasteiger partial charge < -0.3 is 10.4 Å². The number of aliphatic hydroxyl groups excluding tert-OH is 1. The average molecular weight is 263 g/mol. The van der Waals surface area contributed by atoms with E-state index >= 15 is 0 Å². The Kier molecular flexibility index (Phi) is 5.57. The Balaban J connectivity index is 2.73. The van der Waals surface area contributed by atoms with Crippen LogP contribution in [-0.4, -0.2) is 17.7 Å². The fourth-order valence-corrected chi connectivity index (χ4v) is 2.18. The number of rotatable bonds is 5. The summed E-state index contributed by atoms with van der Waals surface area (Å²) in [6.45, 7) is 13.8. The Morgan fingerprint density at radius 1 is 1.21 bits per heavy atom. The van der Waals surface area contributed by atoms with E-state index in [1.807, 2.05) is 0 Å². The lowest BCUT2D eigenvalue weighted by Crippen LogP contribution is -2.25. The van der Waals surface area contributed by atoms with Crippen LogP contribution >= 0.6 is 0 Å². The molecular formula is C17H29NO. The second-order valence-electron chi connectivity index (χ2n) is 6.73. The molecule has 0 fully saturated rings. The molecule has 2 nitrogen and oxygen atoms in total. The van der Waals surface area contributed by atoms with E-state index in [4.69, 9.17) is 0 Å². The molecule has 0 saturated heterocycles. The molecule has 0 spiro atoms. The molecule has 1 aromatic rings. The first-order chi connectivity index (χ1) is 8.71. The molecule has 0 saturated carbocycles. The number of nitrogens with one attached hydrogen (secondary N) is 1. The van der Waals surface area contributed by atoms with Gasteiger partial charge in [0.1, 0.15) is 0 Å². The second-order valence-corrected chi connectivity index (χ2v) is 6.73. The van der Waals surface area contributed by atoms with Gasteiger partial charge >= 0.3 is 0 Å². The van der Waals surface area contributed by atoms with Crippen molar-refractivity contribution < 1.29 is 5.11 Å². The zero-order valence-corrected chi connectivity index (χ0v) is 13.2. The van der Waals surface area contributed by atoms with Gasteiger partial charge in [-0.25, -0.2) is 0 Å². The molecular weight excluding hydrogens is 234 g/mol. The number of hydrogen-bond acceptors (Lipinski definition) is 2.